The van der Waals surface area contributed by atoms with Gasteiger partial charge in [0.05, 0.1) is 11.7 Å². The number of thiazole rings is 1. The maximum absolute atomic E-state index is 4.84. The number of allylic oxidation sites excluding steroid dienone is 1. The summed E-state index contributed by atoms with van der Waals surface area (Å²) in [7, 11) is 0. The molecular weight excluding hydrogens is 252 g/mol. The molecule has 0 spiro atoms. The fourth-order valence-corrected chi connectivity index (χ4v) is 4.24. The first kappa shape index (κ1) is 13.3. The molecule has 0 saturated heterocycles. The fourth-order valence-electron chi connectivity index (χ4n) is 3.06. The fraction of sp³-hybridized carbons (Fsp3) is 0.688. The Morgan fingerprint density at radius 3 is 2.95 bits per heavy atom. The zero-order chi connectivity index (χ0) is 13.1. The van der Waals surface area contributed by atoms with Crippen LogP contribution in [0.5, 0.6) is 0 Å². The number of fused-ring (bicyclic) bond motifs is 1. The second kappa shape index (κ2) is 6.19. The third-order valence-electron chi connectivity index (χ3n) is 4.26. The predicted octanol–water partition coefficient (Wildman–Crippen LogP) is 4.17. The molecule has 0 aromatic carbocycles. The van der Waals surface area contributed by atoms with Crippen LogP contribution in [0.15, 0.2) is 11.6 Å². The Balaban J connectivity index is 1.51. The first-order valence-corrected chi connectivity index (χ1v) is 8.54. The van der Waals surface area contributed by atoms with Gasteiger partial charge < -0.3 is 5.32 Å². The van der Waals surface area contributed by atoms with Gasteiger partial charge in [0.25, 0.3) is 0 Å². The predicted molar refractivity (Wildman–Crippen MR) is 81.7 cm³/mol. The van der Waals surface area contributed by atoms with E-state index in [1.807, 2.05) is 11.3 Å². The summed E-state index contributed by atoms with van der Waals surface area (Å²) in [6.45, 7) is 3.35. The number of rotatable bonds is 5. The van der Waals surface area contributed by atoms with Crippen molar-refractivity contribution >= 4 is 11.3 Å². The summed E-state index contributed by atoms with van der Waals surface area (Å²) in [6, 6.07) is 0.414. The summed E-state index contributed by atoms with van der Waals surface area (Å²) >= 11 is 1.94. The van der Waals surface area contributed by atoms with Crippen molar-refractivity contribution < 1.29 is 0 Å². The highest BCUT2D eigenvalue weighted by atomic mass is 32.1. The molecule has 2 aliphatic carbocycles. The molecule has 0 amide bonds. The molecule has 1 N–H and O–H groups in total. The van der Waals surface area contributed by atoms with Crippen molar-refractivity contribution in [3.63, 3.8) is 0 Å². The second-order valence-corrected chi connectivity index (χ2v) is 6.92. The van der Waals surface area contributed by atoms with E-state index in [-0.39, 0.29) is 0 Å². The van der Waals surface area contributed by atoms with Crippen LogP contribution in [0, 0.1) is 0 Å². The molecule has 19 heavy (non-hydrogen) atoms. The van der Waals surface area contributed by atoms with Gasteiger partial charge in [-0.1, -0.05) is 11.6 Å². The van der Waals surface area contributed by atoms with E-state index >= 15 is 0 Å². The van der Waals surface area contributed by atoms with Gasteiger partial charge in [-0.2, -0.15) is 0 Å². The van der Waals surface area contributed by atoms with Crippen LogP contribution in [0.4, 0.5) is 0 Å². The monoisotopic (exact) mass is 276 g/mol. The van der Waals surface area contributed by atoms with Crippen LogP contribution in [0.3, 0.4) is 0 Å². The van der Waals surface area contributed by atoms with E-state index in [1.165, 1.54) is 62.1 Å². The smallest absolute Gasteiger partial charge is 0.110 e. The van der Waals surface area contributed by atoms with Gasteiger partial charge in [-0.15, -0.1) is 11.3 Å². The minimum atomic E-state index is 0.414. The quantitative estimate of drug-likeness (QED) is 0.816. The molecule has 0 radical (unpaired) electrons. The molecule has 0 bridgehead atoms. The molecule has 1 aromatic rings. The molecule has 3 heteroatoms. The van der Waals surface area contributed by atoms with Crippen LogP contribution in [0.2, 0.25) is 0 Å². The normalized spacial score (nSPS) is 20.2. The number of hydrogen-bond acceptors (Lipinski definition) is 3. The van der Waals surface area contributed by atoms with Crippen LogP contribution in [-0.4, -0.2) is 11.5 Å². The SMILES string of the molecule is C[C@@H](NCCC1=CCCC1)c1nc2c(s1)CCCC2. The average molecular weight is 276 g/mol. The molecule has 2 nitrogen and oxygen atoms in total. The molecule has 0 aliphatic heterocycles. The first-order chi connectivity index (χ1) is 9.33. The van der Waals surface area contributed by atoms with E-state index in [1.54, 1.807) is 10.5 Å². The minimum Gasteiger partial charge on any atom is -0.308 e. The maximum Gasteiger partial charge on any atom is 0.110 e. The Morgan fingerprint density at radius 2 is 2.16 bits per heavy atom. The standard InChI is InChI=1S/C16H24N2S/c1-12(17-11-10-13-6-2-3-7-13)16-18-14-8-4-5-9-15(14)19-16/h6,12,17H,2-5,7-11H2,1H3/t12-/m1/s1. The van der Waals surface area contributed by atoms with Crippen LogP contribution in [0.25, 0.3) is 0 Å². The highest BCUT2D eigenvalue weighted by molar-refractivity contribution is 7.11. The highest BCUT2D eigenvalue weighted by Gasteiger charge is 2.18. The lowest BCUT2D eigenvalue weighted by molar-refractivity contribution is 0.567. The third kappa shape index (κ3) is 3.26. The van der Waals surface area contributed by atoms with Gasteiger partial charge in [-0.25, -0.2) is 4.98 Å². The molecule has 0 fully saturated rings. The summed E-state index contributed by atoms with van der Waals surface area (Å²) < 4.78 is 0. The Bertz CT molecular complexity index is 438. The molecule has 104 valence electrons. The largest absolute Gasteiger partial charge is 0.308 e. The lowest BCUT2D eigenvalue weighted by atomic mass is 10.0. The van der Waals surface area contributed by atoms with Gasteiger partial charge >= 0.3 is 0 Å². The lowest BCUT2D eigenvalue weighted by Crippen LogP contribution is -2.20. The van der Waals surface area contributed by atoms with Crippen molar-refractivity contribution in [3.8, 4) is 0 Å². The molecule has 0 unspecified atom stereocenters. The van der Waals surface area contributed by atoms with E-state index in [2.05, 4.69) is 18.3 Å². The molecule has 1 heterocycles. The van der Waals surface area contributed by atoms with Crippen LogP contribution in [0.1, 0.15) is 67.1 Å². The van der Waals surface area contributed by atoms with Crippen molar-refractivity contribution in [2.75, 3.05) is 6.54 Å². The van der Waals surface area contributed by atoms with Gasteiger partial charge in [-0.05, 0) is 64.8 Å². The van der Waals surface area contributed by atoms with Gasteiger partial charge in [0.15, 0.2) is 0 Å². The van der Waals surface area contributed by atoms with Gasteiger partial charge in [0.1, 0.15) is 5.01 Å². The molecule has 1 atom stereocenters. The number of hydrogen-bond donors (Lipinski definition) is 1. The lowest BCUT2D eigenvalue weighted by Gasteiger charge is -2.11. The molecule has 0 saturated carbocycles. The van der Waals surface area contributed by atoms with E-state index in [0.29, 0.717) is 6.04 Å². The number of aryl methyl sites for hydroxylation is 2. The molecule has 1 aromatic heterocycles. The highest BCUT2D eigenvalue weighted by Crippen LogP contribution is 2.29. The maximum atomic E-state index is 4.84. The van der Waals surface area contributed by atoms with Crippen molar-refractivity contribution in [1.82, 2.24) is 10.3 Å². The number of nitrogens with zero attached hydrogens (tertiary/aromatic N) is 1. The summed E-state index contributed by atoms with van der Waals surface area (Å²) in [5, 5.41) is 4.94. The Morgan fingerprint density at radius 1 is 1.26 bits per heavy atom. The molecular formula is C16H24N2S. The minimum absolute atomic E-state index is 0.414. The van der Waals surface area contributed by atoms with Crippen LogP contribution in [-0.2, 0) is 12.8 Å². The third-order valence-corrected chi connectivity index (χ3v) is 5.60. The van der Waals surface area contributed by atoms with Crippen molar-refractivity contribution in [2.24, 2.45) is 0 Å². The van der Waals surface area contributed by atoms with E-state index < -0.39 is 0 Å². The topological polar surface area (TPSA) is 24.9 Å². The summed E-state index contributed by atoms with van der Waals surface area (Å²) in [5.74, 6) is 0. The summed E-state index contributed by atoms with van der Waals surface area (Å²) in [5.41, 5.74) is 3.04. The van der Waals surface area contributed by atoms with Gasteiger partial charge in [0.2, 0.25) is 0 Å². The number of aromatic nitrogens is 1. The molecule has 2 aliphatic rings. The van der Waals surface area contributed by atoms with E-state index in [4.69, 9.17) is 4.98 Å². The van der Waals surface area contributed by atoms with Crippen molar-refractivity contribution in [3.05, 3.63) is 27.2 Å². The Labute approximate surface area is 120 Å². The second-order valence-electron chi connectivity index (χ2n) is 5.81. The Kier molecular flexibility index (Phi) is 4.34. The van der Waals surface area contributed by atoms with Crippen LogP contribution < -0.4 is 5.32 Å². The van der Waals surface area contributed by atoms with Gasteiger partial charge in [-0.3, -0.25) is 0 Å². The summed E-state index contributed by atoms with van der Waals surface area (Å²) in [4.78, 5) is 6.39. The Hall–Kier alpha value is -0.670. The van der Waals surface area contributed by atoms with Crippen molar-refractivity contribution in [1.29, 1.82) is 0 Å². The van der Waals surface area contributed by atoms with Gasteiger partial charge in [0, 0.05) is 4.88 Å². The summed E-state index contributed by atoms with van der Waals surface area (Å²) in [6.07, 6.45) is 12.8. The molecule has 3 rings (SSSR count). The van der Waals surface area contributed by atoms with Crippen molar-refractivity contribution in [2.45, 2.75) is 64.3 Å². The number of nitrogens with one attached hydrogen (secondary N) is 1. The average Bonchev–Trinajstić information content (AvgIpc) is 3.07. The zero-order valence-electron chi connectivity index (χ0n) is 11.9. The van der Waals surface area contributed by atoms with E-state index in [0.717, 1.165) is 6.54 Å². The zero-order valence-corrected chi connectivity index (χ0v) is 12.7. The first-order valence-electron chi connectivity index (χ1n) is 7.72. The van der Waals surface area contributed by atoms with Crippen LogP contribution >= 0.6 is 11.3 Å². The van der Waals surface area contributed by atoms with E-state index in [9.17, 15) is 0 Å².